The van der Waals surface area contributed by atoms with Crippen LogP contribution in [0.1, 0.15) is 11.1 Å². The van der Waals surface area contributed by atoms with Crippen LogP contribution < -0.4 is 4.90 Å². The SMILES string of the molecule is O=CN1CC[N+]([O-])=C(c2ccccc2)c2cc(Cl)ccc21. The summed E-state index contributed by atoms with van der Waals surface area (Å²) in [6, 6.07) is 14.6. The highest BCUT2D eigenvalue weighted by Crippen LogP contribution is 2.28. The van der Waals surface area contributed by atoms with Crippen LogP contribution in [0.3, 0.4) is 0 Å². The molecule has 0 aromatic heterocycles. The van der Waals surface area contributed by atoms with E-state index in [-0.39, 0.29) is 6.54 Å². The molecule has 1 heterocycles. The summed E-state index contributed by atoms with van der Waals surface area (Å²) in [5, 5.41) is 13.0. The van der Waals surface area contributed by atoms with E-state index < -0.39 is 0 Å². The van der Waals surface area contributed by atoms with Gasteiger partial charge in [-0.2, -0.15) is 0 Å². The Morgan fingerprint density at radius 3 is 2.67 bits per heavy atom. The normalized spacial score (nSPS) is 14.6. The quantitative estimate of drug-likeness (QED) is 0.486. The summed E-state index contributed by atoms with van der Waals surface area (Å²) in [6.45, 7) is 0.563. The van der Waals surface area contributed by atoms with E-state index in [0.29, 0.717) is 28.5 Å². The molecule has 5 heteroatoms. The van der Waals surface area contributed by atoms with Crippen LogP contribution in [0, 0.1) is 5.21 Å². The molecule has 0 radical (unpaired) electrons. The predicted octanol–water partition coefficient (Wildman–Crippen LogP) is 2.66. The predicted molar refractivity (Wildman–Crippen MR) is 83.0 cm³/mol. The third-order valence-corrected chi connectivity index (χ3v) is 3.73. The van der Waals surface area contributed by atoms with Crippen molar-refractivity contribution >= 4 is 29.4 Å². The molecule has 2 aromatic rings. The van der Waals surface area contributed by atoms with Crippen molar-refractivity contribution < 1.29 is 9.53 Å². The zero-order chi connectivity index (χ0) is 14.8. The molecule has 0 saturated heterocycles. The second kappa shape index (κ2) is 5.58. The van der Waals surface area contributed by atoms with Crippen molar-refractivity contribution in [3.8, 4) is 0 Å². The maximum Gasteiger partial charge on any atom is 0.227 e. The average molecular weight is 301 g/mol. The minimum Gasteiger partial charge on any atom is -0.623 e. The molecule has 0 aliphatic carbocycles. The summed E-state index contributed by atoms with van der Waals surface area (Å²) in [7, 11) is 0. The molecule has 3 rings (SSSR count). The summed E-state index contributed by atoms with van der Waals surface area (Å²) >= 11 is 6.08. The molecule has 21 heavy (non-hydrogen) atoms. The smallest absolute Gasteiger partial charge is 0.227 e. The third kappa shape index (κ3) is 2.50. The molecular weight excluding hydrogens is 288 g/mol. The third-order valence-electron chi connectivity index (χ3n) is 3.49. The largest absolute Gasteiger partial charge is 0.623 e. The number of hydrogen-bond acceptors (Lipinski definition) is 2. The van der Waals surface area contributed by atoms with E-state index in [0.717, 1.165) is 16.7 Å². The number of amides is 1. The summed E-state index contributed by atoms with van der Waals surface area (Å²) in [5.74, 6) is 0. The number of benzodiazepines with no additional fused rings is 1. The minimum absolute atomic E-state index is 0.218. The molecule has 4 nitrogen and oxygen atoms in total. The van der Waals surface area contributed by atoms with Gasteiger partial charge < -0.3 is 10.1 Å². The van der Waals surface area contributed by atoms with Gasteiger partial charge in [0.2, 0.25) is 12.1 Å². The second-order valence-electron chi connectivity index (χ2n) is 4.78. The van der Waals surface area contributed by atoms with Gasteiger partial charge in [0.25, 0.3) is 0 Å². The van der Waals surface area contributed by atoms with Crippen molar-refractivity contribution in [2.75, 3.05) is 18.0 Å². The zero-order valence-electron chi connectivity index (χ0n) is 11.2. The molecule has 1 aliphatic rings. The van der Waals surface area contributed by atoms with Crippen molar-refractivity contribution in [2.24, 2.45) is 0 Å². The first-order valence-corrected chi connectivity index (χ1v) is 6.97. The second-order valence-corrected chi connectivity index (χ2v) is 5.21. The minimum atomic E-state index is 0.218. The maximum absolute atomic E-state index is 12.4. The number of carbonyl (C=O) groups is 1. The molecule has 0 saturated carbocycles. The van der Waals surface area contributed by atoms with Crippen LogP contribution in [-0.2, 0) is 4.79 Å². The topological polar surface area (TPSA) is 46.4 Å². The van der Waals surface area contributed by atoms with Crippen LogP contribution in [0.4, 0.5) is 5.69 Å². The lowest BCUT2D eigenvalue weighted by atomic mass is 10.0. The van der Waals surface area contributed by atoms with E-state index in [1.807, 2.05) is 30.3 Å². The van der Waals surface area contributed by atoms with Crippen molar-refractivity contribution in [1.82, 2.24) is 0 Å². The van der Waals surface area contributed by atoms with Gasteiger partial charge in [-0.3, -0.25) is 4.79 Å². The first kappa shape index (κ1) is 13.6. The van der Waals surface area contributed by atoms with E-state index in [2.05, 4.69) is 0 Å². The Balaban J connectivity index is 2.26. The number of anilines is 1. The van der Waals surface area contributed by atoms with Gasteiger partial charge in [-0.1, -0.05) is 29.8 Å². The highest BCUT2D eigenvalue weighted by Gasteiger charge is 2.26. The standard InChI is InChI=1S/C16H13ClN2O2/c17-13-6-7-15-14(10-13)16(12-4-2-1-3-5-12)19(21)9-8-18(15)11-20/h1-7,10-11H,8-9H2. The molecule has 1 amide bonds. The number of carbonyl (C=O) groups excluding carboxylic acids is 1. The van der Waals surface area contributed by atoms with E-state index in [1.165, 1.54) is 4.90 Å². The van der Waals surface area contributed by atoms with Crippen molar-refractivity contribution in [3.63, 3.8) is 0 Å². The molecule has 2 aromatic carbocycles. The van der Waals surface area contributed by atoms with Gasteiger partial charge in [0, 0.05) is 10.6 Å². The fourth-order valence-corrected chi connectivity index (χ4v) is 2.69. The summed E-state index contributed by atoms with van der Waals surface area (Å²) in [4.78, 5) is 12.8. The molecule has 0 spiro atoms. The monoisotopic (exact) mass is 300 g/mol. The van der Waals surface area contributed by atoms with Crippen LogP contribution in [0.2, 0.25) is 5.02 Å². The van der Waals surface area contributed by atoms with Gasteiger partial charge in [0.05, 0.1) is 17.8 Å². The molecule has 0 bridgehead atoms. The zero-order valence-corrected chi connectivity index (χ0v) is 12.0. The van der Waals surface area contributed by atoms with Crippen LogP contribution in [-0.4, -0.2) is 30.0 Å². The summed E-state index contributed by atoms with van der Waals surface area (Å²) in [5.41, 5.74) is 2.72. The number of nitrogens with zero attached hydrogens (tertiary/aromatic N) is 2. The Morgan fingerprint density at radius 1 is 1.19 bits per heavy atom. The average Bonchev–Trinajstić information content (AvgIpc) is 2.63. The van der Waals surface area contributed by atoms with E-state index in [9.17, 15) is 10.0 Å². The fraction of sp³-hybridized carbons (Fsp3) is 0.125. The van der Waals surface area contributed by atoms with Gasteiger partial charge in [-0.05, 0) is 30.3 Å². The highest BCUT2D eigenvalue weighted by atomic mass is 35.5. The van der Waals surface area contributed by atoms with Gasteiger partial charge in [-0.25, -0.2) is 4.74 Å². The van der Waals surface area contributed by atoms with Crippen molar-refractivity contribution in [1.29, 1.82) is 0 Å². The number of halogens is 1. The van der Waals surface area contributed by atoms with E-state index >= 15 is 0 Å². The Morgan fingerprint density at radius 2 is 1.95 bits per heavy atom. The fourth-order valence-electron chi connectivity index (χ4n) is 2.52. The summed E-state index contributed by atoms with van der Waals surface area (Å²) < 4.78 is 0.925. The number of rotatable bonds is 2. The van der Waals surface area contributed by atoms with Gasteiger partial charge in [0.1, 0.15) is 0 Å². The number of hydroxylamine groups is 1. The van der Waals surface area contributed by atoms with Crippen molar-refractivity contribution in [3.05, 3.63) is 69.9 Å². The Hall–Kier alpha value is -2.33. The van der Waals surface area contributed by atoms with E-state index in [4.69, 9.17) is 11.6 Å². The van der Waals surface area contributed by atoms with Gasteiger partial charge in [0.15, 0.2) is 6.54 Å². The summed E-state index contributed by atoms with van der Waals surface area (Å²) in [6.07, 6.45) is 0.745. The number of hydrogen-bond donors (Lipinski definition) is 0. The lowest BCUT2D eigenvalue weighted by Crippen LogP contribution is -2.26. The number of fused-ring (bicyclic) bond motifs is 1. The molecular formula is C16H13ClN2O2. The van der Waals surface area contributed by atoms with E-state index in [1.54, 1.807) is 18.2 Å². The maximum atomic E-state index is 12.4. The first-order chi connectivity index (χ1) is 10.2. The lowest BCUT2D eigenvalue weighted by Gasteiger charge is -2.15. The highest BCUT2D eigenvalue weighted by molar-refractivity contribution is 6.31. The molecule has 0 atom stereocenters. The van der Waals surface area contributed by atoms with Crippen LogP contribution in [0.25, 0.3) is 0 Å². The Kier molecular flexibility index (Phi) is 3.62. The molecule has 1 aliphatic heterocycles. The van der Waals surface area contributed by atoms with Gasteiger partial charge >= 0.3 is 0 Å². The van der Waals surface area contributed by atoms with Crippen molar-refractivity contribution in [2.45, 2.75) is 0 Å². The molecule has 106 valence electrons. The molecule has 0 unspecified atom stereocenters. The molecule has 0 N–H and O–H groups in total. The molecule has 0 fully saturated rings. The first-order valence-electron chi connectivity index (χ1n) is 6.59. The lowest BCUT2D eigenvalue weighted by molar-refractivity contribution is -0.453. The van der Waals surface area contributed by atoms with Crippen LogP contribution in [0.15, 0.2) is 48.5 Å². The Labute approximate surface area is 127 Å². The Bertz CT molecular complexity index is 713. The number of benzene rings is 2. The van der Waals surface area contributed by atoms with Gasteiger partial charge in [-0.15, -0.1) is 0 Å². The van der Waals surface area contributed by atoms with Crippen LogP contribution in [0.5, 0.6) is 0 Å². The van der Waals surface area contributed by atoms with Crippen LogP contribution >= 0.6 is 11.6 Å².